The summed E-state index contributed by atoms with van der Waals surface area (Å²) in [6.07, 6.45) is 0. The third kappa shape index (κ3) is 4.91. The summed E-state index contributed by atoms with van der Waals surface area (Å²) >= 11 is 1.65. The molecule has 2 aromatic rings. The molecule has 0 radical (unpaired) electrons. The van der Waals surface area contributed by atoms with E-state index in [1.165, 1.54) is 4.88 Å². The number of nitrogens with one attached hydrogen (secondary N) is 2. The zero-order valence-electron chi connectivity index (χ0n) is 14.4. The van der Waals surface area contributed by atoms with Gasteiger partial charge in [-0.3, -0.25) is 15.0 Å². The van der Waals surface area contributed by atoms with Crippen LogP contribution in [-0.4, -0.2) is 30.4 Å². The minimum atomic E-state index is -0.510. The molecule has 3 amide bonds. The third-order valence-corrected chi connectivity index (χ3v) is 4.93. The van der Waals surface area contributed by atoms with Gasteiger partial charge in [-0.15, -0.1) is 11.3 Å². The molecule has 0 saturated heterocycles. The van der Waals surface area contributed by atoms with Gasteiger partial charge in [0.05, 0.1) is 6.54 Å². The second-order valence-electron chi connectivity index (χ2n) is 5.93. The van der Waals surface area contributed by atoms with E-state index in [1.54, 1.807) is 11.3 Å². The fourth-order valence-corrected chi connectivity index (χ4v) is 3.23. The lowest BCUT2D eigenvalue weighted by molar-refractivity contribution is -0.121. The molecule has 0 aliphatic carbocycles. The number of rotatable bonds is 5. The summed E-state index contributed by atoms with van der Waals surface area (Å²) in [5.41, 5.74) is 2.78. The Labute approximate surface area is 146 Å². The number of imide groups is 1. The Kier molecular flexibility index (Phi) is 6.11. The number of aryl methyl sites for hydroxylation is 2. The number of thiophene rings is 1. The van der Waals surface area contributed by atoms with Crippen molar-refractivity contribution in [2.75, 3.05) is 18.9 Å². The summed E-state index contributed by atoms with van der Waals surface area (Å²) in [5, 5.41) is 7.10. The Bertz CT molecular complexity index is 713. The van der Waals surface area contributed by atoms with E-state index in [-0.39, 0.29) is 18.5 Å². The Morgan fingerprint density at radius 1 is 1.25 bits per heavy atom. The smallest absolute Gasteiger partial charge is 0.307 e. The predicted molar refractivity (Wildman–Crippen MR) is 98.4 cm³/mol. The largest absolute Gasteiger partial charge is 0.325 e. The molecule has 5 nitrogen and oxygen atoms in total. The number of benzene rings is 1. The van der Waals surface area contributed by atoms with Crippen molar-refractivity contribution in [3.63, 3.8) is 0 Å². The van der Waals surface area contributed by atoms with Gasteiger partial charge >= 0.3 is 6.03 Å². The summed E-state index contributed by atoms with van der Waals surface area (Å²) in [7, 11) is 1.87. The summed E-state index contributed by atoms with van der Waals surface area (Å²) in [6.45, 7) is 6.10. The number of carbonyl (C=O) groups excluding carboxylic acids is 2. The van der Waals surface area contributed by atoms with Crippen LogP contribution in [0.1, 0.15) is 29.0 Å². The van der Waals surface area contributed by atoms with E-state index in [9.17, 15) is 9.59 Å². The van der Waals surface area contributed by atoms with Gasteiger partial charge in [-0.2, -0.15) is 0 Å². The SMILES string of the molecule is Cc1ccc(NC(=O)NC(=O)CN(C)C(C)c2cccs2)c(C)c1. The summed E-state index contributed by atoms with van der Waals surface area (Å²) in [5.74, 6) is -0.330. The first kappa shape index (κ1) is 18.2. The molecular weight excluding hydrogens is 322 g/mol. The molecule has 128 valence electrons. The average Bonchev–Trinajstić information content (AvgIpc) is 3.03. The van der Waals surface area contributed by atoms with E-state index in [1.807, 2.05) is 68.4 Å². The van der Waals surface area contributed by atoms with Gasteiger partial charge < -0.3 is 5.32 Å². The fourth-order valence-electron chi connectivity index (χ4n) is 2.38. The summed E-state index contributed by atoms with van der Waals surface area (Å²) < 4.78 is 0. The molecule has 1 atom stereocenters. The average molecular weight is 345 g/mol. The van der Waals surface area contributed by atoms with Crippen LogP contribution in [0, 0.1) is 13.8 Å². The number of urea groups is 1. The number of anilines is 1. The van der Waals surface area contributed by atoms with Crippen LogP contribution in [0.3, 0.4) is 0 Å². The molecule has 2 N–H and O–H groups in total. The zero-order chi connectivity index (χ0) is 17.7. The van der Waals surface area contributed by atoms with Gasteiger partial charge in [0, 0.05) is 16.6 Å². The van der Waals surface area contributed by atoms with Gasteiger partial charge in [0.2, 0.25) is 5.91 Å². The maximum atomic E-state index is 12.1. The first-order valence-electron chi connectivity index (χ1n) is 7.78. The van der Waals surface area contributed by atoms with Crippen molar-refractivity contribution in [1.29, 1.82) is 0 Å². The van der Waals surface area contributed by atoms with Gasteiger partial charge in [-0.25, -0.2) is 4.79 Å². The molecule has 1 unspecified atom stereocenters. The molecule has 24 heavy (non-hydrogen) atoms. The Morgan fingerprint density at radius 3 is 2.62 bits per heavy atom. The first-order chi connectivity index (χ1) is 11.4. The van der Waals surface area contributed by atoms with Crippen LogP contribution in [0.25, 0.3) is 0 Å². The van der Waals surface area contributed by atoms with Crippen LogP contribution in [0.4, 0.5) is 10.5 Å². The Morgan fingerprint density at radius 2 is 2.00 bits per heavy atom. The van der Waals surface area contributed by atoms with Crippen molar-refractivity contribution in [3.05, 3.63) is 51.7 Å². The van der Waals surface area contributed by atoms with Crippen LogP contribution in [0.15, 0.2) is 35.7 Å². The number of likely N-dealkylation sites (N-methyl/N-ethyl adjacent to an activating group) is 1. The lowest BCUT2D eigenvalue weighted by Gasteiger charge is -2.22. The highest BCUT2D eigenvalue weighted by atomic mass is 32.1. The second kappa shape index (κ2) is 8.08. The number of hydrogen-bond acceptors (Lipinski definition) is 4. The quantitative estimate of drug-likeness (QED) is 0.868. The Balaban J connectivity index is 1.86. The molecule has 2 rings (SSSR count). The standard InChI is InChI=1S/C18H23N3O2S/c1-12-7-8-15(13(2)10-12)19-18(23)20-17(22)11-21(4)14(3)16-6-5-9-24-16/h5-10,14H,11H2,1-4H3,(H2,19,20,22,23). The fraction of sp³-hybridized carbons (Fsp3) is 0.333. The lowest BCUT2D eigenvalue weighted by Crippen LogP contribution is -2.41. The molecule has 0 bridgehead atoms. The van der Waals surface area contributed by atoms with E-state index in [0.29, 0.717) is 5.69 Å². The zero-order valence-corrected chi connectivity index (χ0v) is 15.2. The van der Waals surface area contributed by atoms with E-state index >= 15 is 0 Å². The van der Waals surface area contributed by atoms with Crippen LogP contribution in [0.2, 0.25) is 0 Å². The maximum absolute atomic E-state index is 12.1. The molecule has 1 heterocycles. The first-order valence-corrected chi connectivity index (χ1v) is 8.66. The molecule has 6 heteroatoms. The summed E-state index contributed by atoms with van der Waals surface area (Å²) in [4.78, 5) is 27.1. The molecule has 1 aromatic heterocycles. The summed E-state index contributed by atoms with van der Waals surface area (Å²) in [6, 6.07) is 9.37. The number of carbonyl (C=O) groups is 2. The van der Waals surface area contributed by atoms with Crippen molar-refractivity contribution >= 4 is 29.0 Å². The van der Waals surface area contributed by atoms with Crippen LogP contribution < -0.4 is 10.6 Å². The molecule has 0 spiro atoms. The highest BCUT2D eigenvalue weighted by molar-refractivity contribution is 7.10. The minimum Gasteiger partial charge on any atom is -0.307 e. The van der Waals surface area contributed by atoms with Crippen molar-refractivity contribution < 1.29 is 9.59 Å². The predicted octanol–water partition coefficient (Wildman–Crippen LogP) is 3.71. The van der Waals surface area contributed by atoms with Gasteiger partial charge in [0.1, 0.15) is 0 Å². The topological polar surface area (TPSA) is 61.4 Å². The van der Waals surface area contributed by atoms with Crippen molar-refractivity contribution in [2.24, 2.45) is 0 Å². The highest BCUT2D eigenvalue weighted by Gasteiger charge is 2.17. The van der Waals surface area contributed by atoms with E-state index < -0.39 is 6.03 Å². The molecule has 1 aromatic carbocycles. The monoisotopic (exact) mass is 345 g/mol. The number of hydrogen-bond donors (Lipinski definition) is 2. The third-order valence-electron chi connectivity index (χ3n) is 3.89. The number of amides is 3. The van der Waals surface area contributed by atoms with E-state index in [2.05, 4.69) is 10.6 Å². The normalized spacial score (nSPS) is 12.0. The molecule has 0 aliphatic heterocycles. The van der Waals surface area contributed by atoms with Crippen LogP contribution in [-0.2, 0) is 4.79 Å². The van der Waals surface area contributed by atoms with Gasteiger partial charge in [-0.05, 0) is 50.9 Å². The highest BCUT2D eigenvalue weighted by Crippen LogP contribution is 2.22. The van der Waals surface area contributed by atoms with Gasteiger partial charge in [-0.1, -0.05) is 23.8 Å². The van der Waals surface area contributed by atoms with Gasteiger partial charge in [0.25, 0.3) is 0 Å². The molecule has 0 saturated carbocycles. The number of nitrogens with zero attached hydrogens (tertiary/aromatic N) is 1. The molecular formula is C18H23N3O2S. The van der Waals surface area contributed by atoms with Crippen LogP contribution >= 0.6 is 11.3 Å². The van der Waals surface area contributed by atoms with Crippen LogP contribution in [0.5, 0.6) is 0 Å². The van der Waals surface area contributed by atoms with Crippen molar-refractivity contribution in [3.8, 4) is 0 Å². The molecule has 0 fully saturated rings. The second-order valence-corrected chi connectivity index (χ2v) is 6.91. The Hall–Kier alpha value is -2.18. The van der Waals surface area contributed by atoms with Crippen molar-refractivity contribution in [1.82, 2.24) is 10.2 Å². The molecule has 0 aliphatic rings. The van der Waals surface area contributed by atoms with Crippen molar-refractivity contribution in [2.45, 2.75) is 26.8 Å². The van der Waals surface area contributed by atoms with Gasteiger partial charge in [0.15, 0.2) is 0 Å². The maximum Gasteiger partial charge on any atom is 0.325 e. The minimum absolute atomic E-state index is 0.123. The van der Waals surface area contributed by atoms with E-state index in [4.69, 9.17) is 0 Å². The van der Waals surface area contributed by atoms with E-state index in [0.717, 1.165) is 11.1 Å². The lowest BCUT2D eigenvalue weighted by atomic mass is 10.1.